The molecule has 0 saturated carbocycles. The van der Waals surface area contributed by atoms with Gasteiger partial charge in [0, 0.05) is 0 Å². The van der Waals surface area contributed by atoms with E-state index in [0.717, 1.165) is 0 Å². The van der Waals surface area contributed by atoms with Crippen LogP contribution in [0.2, 0.25) is 0 Å². The van der Waals surface area contributed by atoms with Crippen molar-refractivity contribution in [2.24, 2.45) is 0 Å². The summed E-state index contributed by atoms with van der Waals surface area (Å²) in [4.78, 5) is 0. The van der Waals surface area contributed by atoms with E-state index >= 15 is 0 Å². The first kappa shape index (κ1) is 21.6. The van der Waals surface area contributed by atoms with Crippen molar-refractivity contribution < 1.29 is 48.1 Å². The Morgan fingerprint density at radius 2 is 1.35 bits per heavy atom. The molecule has 0 radical (unpaired) electrons. The minimum absolute atomic E-state index is 1.88. The lowest BCUT2D eigenvalue weighted by Gasteiger charge is -2.26. The molecule has 0 spiro atoms. The molecule has 0 heterocycles. The highest BCUT2D eigenvalue weighted by Gasteiger charge is 2.70. The Morgan fingerprint density at radius 1 is 1.05 bits per heavy atom. The van der Waals surface area contributed by atoms with Crippen LogP contribution in [0.5, 0.6) is 0 Å². The summed E-state index contributed by atoms with van der Waals surface area (Å²) in [6.45, 7) is 0. The first-order valence-electron chi connectivity index (χ1n) is 4.56. The zero-order valence-corrected chi connectivity index (χ0v) is 10.8. The Balaban J connectivity index is 0. The Bertz CT molecular complexity index is 393. The molecule has 0 aliphatic heterocycles. The van der Waals surface area contributed by atoms with Gasteiger partial charge in [-0.25, -0.2) is 4.39 Å². The van der Waals surface area contributed by atoms with Gasteiger partial charge in [-0.15, -0.1) is 0 Å². The number of nitrogens with one attached hydrogen (secondary N) is 1. The standard InChI is InChI=1S/C5H4F8O3S.C2H7N/c6-2(1-3(7,8)9)4(10,11)5(12,13)17(14,15)16;1-3-2/h2H,1H2,(H,14,15,16);3H,1-2H3. The molecular formula is C7H11F8NO3S. The Kier molecular flexibility index (Phi) is 7.39. The third-order valence-corrected chi connectivity index (χ3v) is 2.44. The molecule has 0 saturated heterocycles. The lowest BCUT2D eigenvalue weighted by Crippen LogP contribution is -2.53. The van der Waals surface area contributed by atoms with Crippen LogP contribution in [0.25, 0.3) is 0 Å². The number of alkyl halides is 8. The van der Waals surface area contributed by atoms with E-state index in [9.17, 15) is 43.5 Å². The molecule has 0 fully saturated rings. The van der Waals surface area contributed by atoms with Gasteiger partial charge in [0.05, 0.1) is 6.42 Å². The predicted molar refractivity (Wildman–Crippen MR) is 52.0 cm³/mol. The lowest BCUT2D eigenvalue weighted by molar-refractivity contribution is -0.227. The smallest absolute Gasteiger partial charge is 0.323 e. The predicted octanol–water partition coefficient (Wildman–Crippen LogP) is 2.23. The second-order valence-electron chi connectivity index (χ2n) is 3.40. The van der Waals surface area contributed by atoms with Crippen LogP contribution in [0.15, 0.2) is 0 Å². The van der Waals surface area contributed by atoms with Gasteiger partial charge in [0.15, 0.2) is 6.17 Å². The highest BCUT2D eigenvalue weighted by atomic mass is 32.2. The van der Waals surface area contributed by atoms with E-state index < -0.39 is 40.1 Å². The van der Waals surface area contributed by atoms with Gasteiger partial charge in [-0.1, -0.05) is 0 Å². The van der Waals surface area contributed by atoms with Crippen LogP contribution in [-0.4, -0.2) is 50.6 Å². The molecule has 0 aliphatic rings. The highest BCUT2D eigenvalue weighted by Crippen LogP contribution is 2.44. The molecule has 20 heavy (non-hydrogen) atoms. The summed E-state index contributed by atoms with van der Waals surface area (Å²) in [6.07, 6.45) is -13.0. The summed E-state index contributed by atoms with van der Waals surface area (Å²) in [5, 5.41) is -3.61. The van der Waals surface area contributed by atoms with E-state index in [1.165, 1.54) is 0 Å². The topological polar surface area (TPSA) is 66.4 Å². The van der Waals surface area contributed by atoms with Crippen LogP contribution < -0.4 is 5.32 Å². The summed E-state index contributed by atoms with van der Waals surface area (Å²) in [7, 11) is -3.00. The fraction of sp³-hybridized carbons (Fsp3) is 1.00. The highest BCUT2D eigenvalue weighted by molar-refractivity contribution is 7.87. The SMILES string of the molecule is CNC.O=S(=O)(O)C(F)(F)C(F)(F)C(F)CC(F)(F)F. The second kappa shape index (κ2) is 6.85. The Morgan fingerprint density at radius 3 is 1.55 bits per heavy atom. The molecule has 0 bridgehead atoms. The van der Waals surface area contributed by atoms with Gasteiger partial charge in [-0.2, -0.15) is 39.2 Å². The average molecular weight is 341 g/mol. The third-order valence-electron chi connectivity index (χ3n) is 1.52. The zero-order valence-electron chi connectivity index (χ0n) is 9.98. The van der Waals surface area contributed by atoms with Gasteiger partial charge in [0.1, 0.15) is 0 Å². The average Bonchev–Trinajstić information content (AvgIpc) is 2.13. The fourth-order valence-electron chi connectivity index (χ4n) is 0.686. The molecule has 1 atom stereocenters. The van der Waals surface area contributed by atoms with Crippen LogP contribution in [0.3, 0.4) is 0 Å². The minimum atomic E-state index is -6.75. The van der Waals surface area contributed by atoms with Crippen molar-refractivity contribution in [3.05, 3.63) is 0 Å². The first-order valence-corrected chi connectivity index (χ1v) is 6.00. The van der Waals surface area contributed by atoms with E-state index in [-0.39, 0.29) is 0 Å². The van der Waals surface area contributed by atoms with Crippen LogP contribution in [0.1, 0.15) is 6.42 Å². The summed E-state index contributed by atoms with van der Waals surface area (Å²) in [5.41, 5.74) is 0. The maximum Gasteiger partial charge on any atom is 0.434 e. The summed E-state index contributed by atoms with van der Waals surface area (Å²) < 4.78 is 124. The van der Waals surface area contributed by atoms with E-state index in [0.29, 0.717) is 0 Å². The van der Waals surface area contributed by atoms with Gasteiger partial charge in [0.2, 0.25) is 0 Å². The largest absolute Gasteiger partial charge is 0.434 e. The van der Waals surface area contributed by atoms with Crippen LogP contribution >= 0.6 is 0 Å². The molecule has 0 rings (SSSR count). The first-order chi connectivity index (χ1) is 8.54. The van der Waals surface area contributed by atoms with Gasteiger partial charge in [-0.3, -0.25) is 4.55 Å². The van der Waals surface area contributed by atoms with Gasteiger partial charge in [-0.05, 0) is 14.1 Å². The van der Waals surface area contributed by atoms with E-state index in [1.54, 1.807) is 0 Å². The molecule has 2 N–H and O–H groups in total. The molecule has 0 aromatic heterocycles. The van der Waals surface area contributed by atoms with Gasteiger partial charge >= 0.3 is 27.5 Å². The summed E-state index contributed by atoms with van der Waals surface area (Å²) in [6, 6.07) is 0. The quantitative estimate of drug-likeness (QED) is 0.608. The maximum atomic E-state index is 12.5. The van der Waals surface area contributed by atoms with Crippen molar-refractivity contribution in [3.8, 4) is 0 Å². The van der Waals surface area contributed by atoms with E-state index in [4.69, 9.17) is 4.55 Å². The van der Waals surface area contributed by atoms with E-state index in [1.807, 2.05) is 14.1 Å². The molecule has 1 unspecified atom stereocenters. The molecule has 4 nitrogen and oxygen atoms in total. The lowest BCUT2D eigenvalue weighted by atomic mass is 10.1. The Labute approximate surface area is 108 Å². The molecular weight excluding hydrogens is 330 g/mol. The molecule has 0 aliphatic carbocycles. The minimum Gasteiger partial charge on any atom is -0.323 e. The number of hydrogen-bond donors (Lipinski definition) is 2. The van der Waals surface area contributed by atoms with Crippen LogP contribution in [0, 0.1) is 0 Å². The molecule has 0 aromatic rings. The van der Waals surface area contributed by atoms with Crippen molar-refractivity contribution in [2.75, 3.05) is 14.1 Å². The molecule has 13 heteroatoms. The fourth-order valence-corrected chi connectivity index (χ4v) is 1.16. The van der Waals surface area contributed by atoms with Crippen molar-refractivity contribution >= 4 is 10.1 Å². The Hall–Kier alpha value is -0.690. The third kappa shape index (κ3) is 5.75. The number of hydrogen-bond acceptors (Lipinski definition) is 3. The van der Waals surface area contributed by atoms with Crippen LogP contribution in [0.4, 0.5) is 35.1 Å². The normalized spacial score (nSPS) is 15.3. The van der Waals surface area contributed by atoms with Crippen LogP contribution in [-0.2, 0) is 10.1 Å². The second-order valence-corrected chi connectivity index (χ2v) is 4.86. The summed E-state index contributed by atoms with van der Waals surface area (Å²) >= 11 is 0. The maximum absolute atomic E-state index is 12.5. The summed E-state index contributed by atoms with van der Waals surface area (Å²) in [5.74, 6) is -6.21. The van der Waals surface area contributed by atoms with Gasteiger partial charge in [0.25, 0.3) is 0 Å². The molecule has 124 valence electrons. The zero-order chi connectivity index (χ0) is 17.0. The number of rotatable bonds is 4. The number of halogens is 8. The molecule has 0 amide bonds. The van der Waals surface area contributed by atoms with E-state index in [2.05, 4.69) is 5.32 Å². The van der Waals surface area contributed by atoms with Crippen molar-refractivity contribution in [1.29, 1.82) is 0 Å². The van der Waals surface area contributed by atoms with Crippen molar-refractivity contribution in [2.45, 2.75) is 29.9 Å². The van der Waals surface area contributed by atoms with Gasteiger partial charge < -0.3 is 5.32 Å². The molecule has 0 aromatic carbocycles. The monoisotopic (exact) mass is 341 g/mol. The van der Waals surface area contributed by atoms with Crippen molar-refractivity contribution in [1.82, 2.24) is 5.32 Å². The van der Waals surface area contributed by atoms with Crippen molar-refractivity contribution in [3.63, 3.8) is 0 Å².